The molecule has 0 fully saturated rings. The van der Waals surface area contributed by atoms with Gasteiger partial charge in [-0.2, -0.15) is 12.6 Å². The van der Waals surface area contributed by atoms with Gasteiger partial charge in [-0.1, -0.05) is 0 Å². The molecule has 0 saturated carbocycles. The van der Waals surface area contributed by atoms with Crippen LogP contribution in [0.15, 0.2) is 0 Å². The van der Waals surface area contributed by atoms with Crippen LogP contribution in [0.4, 0.5) is 0 Å². The second-order valence-electron chi connectivity index (χ2n) is 2.47. The monoisotopic (exact) mass is 194 g/mol. The molecule has 0 spiro atoms. The zero-order valence-corrected chi connectivity index (χ0v) is 8.68. The number of hydrogen-bond donors (Lipinski definition) is 1. The number of rotatable bonds is 8. The molecule has 0 saturated heterocycles. The van der Waals surface area contributed by atoms with Gasteiger partial charge in [-0.25, -0.2) is 0 Å². The predicted octanol–water partition coefficient (Wildman–Crippen LogP) is 0.984. The fourth-order valence-electron chi connectivity index (χ4n) is 0.758. The Kier molecular flexibility index (Phi) is 9.50. The smallest absolute Gasteiger partial charge is 0.0781 e. The van der Waals surface area contributed by atoms with Gasteiger partial charge in [0.05, 0.1) is 32.5 Å². The highest BCUT2D eigenvalue weighted by Crippen LogP contribution is 1.90. The van der Waals surface area contributed by atoms with Gasteiger partial charge in [0.15, 0.2) is 0 Å². The van der Waals surface area contributed by atoms with Gasteiger partial charge in [0.25, 0.3) is 0 Å². The number of methoxy groups -OCH3 is 1. The minimum Gasteiger partial charge on any atom is -0.382 e. The summed E-state index contributed by atoms with van der Waals surface area (Å²) < 4.78 is 15.4. The molecule has 0 bridgehead atoms. The SMILES string of the molecule is COCC(C)OCCOCCS. The van der Waals surface area contributed by atoms with Crippen molar-refractivity contribution >= 4 is 12.6 Å². The van der Waals surface area contributed by atoms with Gasteiger partial charge < -0.3 is 14.2 Å². The molecular weight excluding hydrogens is 176 g/mol. The third-order valence-corrected chi connectivity index (χ3v) is 1.45. The van der Waals surface area contributed by atoms with E-state index in [0.717, 1.165) is 5.75 Å². The molecule has 1 unspecified atom stereocenters. The lowest BCUT2D eigenvalue weighted by Gasteiger charge is -2.11. The van der Waals surface area contributed by atoms with Crippen LogP contribution in [0.1, 0.15) is 6.92 Å². The minimum atomic E-state index is 0.148. The summed E-state index contributed by atoms with van der Waals surface area (Å²) in [5.41, 5.74) is 0. The Morgan fingerprint density at radius 2 is 2.00 bits per heavy atom. The maximum Gasteiger partial charge on any atom is 0.0781 e. The van der Waals surface area contributed by atoms with Crippen LogP contribution in [0.5, 0.6) is 0 Å². The Morgan fingerprint density at radius 1 is 1.25 bits per heavy atom. The quantitative estimate of drug-likeness (QED) is 0.461. The first-order chi connectivity index (χ1) is 5.81. The molecule has 0 N–H and O–H groups in total. The molecule has 74 valence electrons. The van der Waals surface area contributed by atoms with E-state index in [-0.39, 0.29) is 6.10 Å². The van der Waals surface area contributed by atoms with E-state index in [1.165, 1.54) is 0 Å². The van der Waals surface area contributed by atoms with E-state index >= 15 is 0 Å². The standard InChI is InChI=1S/C8H18O3S/c1-8(7-9-2)11-4-3-10-5-6-12/h8,12H,3-7H2,1-2H3. The van der Waals surface area contributed by atoms with Gasteiger partial charge in [0.2, 0.25) is 0 Å². The molecule has 0 amide bonds. The summed E-state index contributed by atoms with van der Waals surface area (Å²) in [6, 6.07) is 0. The normalized spacial score (nSPS) is 13.2. The van der Waals surface area contributed by atoms with Crippen LogP contribution in [0.2, 0.25) is 0 Å². The molecule has 4 heteroatoms. The molecule has 0 aliphatic heterocycles. The van der Waals surface area contributed by atoms with E-state index in [1.54, 1.807) is 7.11 Å². The van der Waals surface area contributed by atoms with Crippen molar-refractivity contribution in [3.8, 4) is 0 Å². The van der Waals surface area contributed by atoms with Gasteiger partial charge in [-0.15, -0.1) is 0 Å². The lowest BCUT2D eigenvalue weighted by atomic mass is 10.4. The lowest BCUT2D eigenvalue weighted by molar-refractivity contribution is -0.0176. The van der Waals surface area contributed by atoms with E-state index in [9.17, 15) is 0 Å². The second-order valence-corrected chi connectivity index (χ2v) is 2.92. The molecule has 3 nitrogen and oxygen atoms in total. The minimum absolute atomic E-state index is 0.148. The Morgan fingerprint density at radius 3 is 2.58 bits per heavy atom. The fraction of sp³-hybridized carbons (Fsp3) is 1.00. The van der Waals surface area contributed by atoms with Gasteiger partial charge in [0, 0.05) is 12.9 Å². The zero-order chi connectivity index (χ0) is 9.23. The molecule has 0 aromatic heterocycles. The first-order valence-electron chi connectivity index (χ1n) is 4.10. The molecule has 0 heterocycles. The Bertz CT molecular complexity index is 90.4. The average molecular weight is 194 g/mol. The zero-order valence-electron chi connectivity index (χ0n) is 7.78. The summed E-state index contributed by atoms with van der Waals surface area (Å²) in [5.74, 6) is 0.758. The highest BCUT2D eigenvalue weighted by atomic mass is 32.1. The highest BCUT2D eigenvalue weighted by molar-refractivity contribution is 7.80. The van der Waals surface area contributed by atoms with Gasteiger partial charge in [-0.05, 0) is 6.92 Å². The largest absolute Gasteiger partial charge is 0.382 e. The number of hydrogen-bond acceptors (Lipinski definition) is 4. The van der Waals surface area contributed by atoms with Crippen LogP contribution >= 0.6 is 12.6 Å². The van der Waals surface area contributed by atoms with E-state index in [1.807, 2.05) is 6.92 Å². The Labute approximate surface area is 79.8 Å². The molecular formula is C8H18O3S. The van der Waals surface area contributed by atoms with Crippen LogP contribution < -0.4 is 0 Å². The molecule has 12 heavy (non-hydrogen) atoms. The third kappa shape index (κ3) is 8.33. The fourth-order valence-corrected chi connectivity index (χ4v) is 0.887. The van der Waals surface area contributed by atoms with Crippen LogP contribution in [0.3, 0.4) is 0 Å². The molecule has 0 radical (unpaired) electrons. The number of ether oxygens (including phenoxy) is 3. The summed E-state index contributed by atoms with van der Waals surface area (Å²) in [7, 11) is 1.66. The molecule has 0 aromatic carbocycles. The predicted molar refractivity (Wildman–Crippen MR) is 52.0 cm³/mol. The van der Waals surface area contributed by atoms with Crippen molar-refractivity contribution in [2.45, 2.75) is 13.0 Å². The topological polar surface area (TPSA) is 27.7 Å². The van der Waals surface area contributed by atoms with Crippen LogP contribution in [0.25, 0.3) is 0 Å². The van der Waals surface area contributed by atoms with Crippen molar-refractivity contribution in [1.29, 1.82) is 0 Å². The third-order valence-electron chi connectivity index (χ3n) is 1.27. The molecule has 0 aliphatic carbocycles. The van der Waals surface area contributed by atoms with Gasteiger partial charge in [0.1, 0.15) is 0 Å². The van der Waals surface area contributed by atoms with Crippen molar-refractivity contribution < 1.29 is 14.2 Å². The average Bonchev–Trinajstić information content (AvgIpc) is 2.05. The summed E-state index contributed by atoms with van der Waals surface area (Å²) in [6.07, 6.45) is 0.148. The summed E-state index contributed by atoms with van der Waals surface area (Å²) in [6.45, 7) is 4.55. The second kappa shape index (κ2) is 9.32. The summed E-state index contributed by atoms with van der Waals surface area (Å²) in [5, 5.41) is 0. The van der Waals surface area contributed by atoms with Crippen LogP contribution in [-0.4, -0.2) is 45.4 Å². The Hall–Kier alpha value is 0.230. The van der Waals surface area contributed by atoms with Crippen molar-refractivity contribution in [3.05, 3.63) is 0 Å². The van der Waals surface area contributed by atoms with Gasteiger partial charge >= 0.3 is 0 Å². The van der Waals surface area contributed by atoms with E-state index in [0.29, 0.717) is 26.4 Å². The highest BCUT2D eigenvalue weighted by Gasteiger charge is 1.99. The molecule has 0 rings (SSSR count). The van der Waals surface area contributed by atoms with E-state index in [2.05, 4.69) is 12.6 Å². The molecule has 0 aliphatic rings. The van der Waals surface area contributed by atoms with Crippen molar-refractivity contribution in [1.82, 2.24) is 0 Å². The summed E-state index contributed by atoms with van der Waals surface area (Å²) in [4.78, 5) is 0. The van der Waals surface area contributed by atoms with Crippen LogP contribution in [-0.2, 0) is 14.2 Å². The maximum absolute atomic E-state index is 5.35. The molecule has 1 atom stereocenters. The Balaban J connectivity index is 2.97. The van der Waals surface area contributed by atoms with Crippen molar-refractivity contribution in [2.24, 2.45) is 0 Å². The van der Waals surface area contributed by atoms with E-state index < -0.39 is 0 Å². The van der Waals surface area contributed by atoms with Crippen LogP contribution in [0, 0.1) is 0 Å². The first kappa shape index (κ1) is 12.2. The lowest BCUT2D eigenvalue weighted by Crippen LogP contribution is -2.18. The van der Waals surface area contributed by atoms with Crippen molar-refractivity contribution in [3.63, 3.8) is 0 Å². The number of thiol groups is 1. The summed E-state index contributed by atoms with van der Waals surface area (Å²) >= 11 is 4.01. The first-order valence-corrected chi connectivity index (χ1v) is 4.73. The molecule has 0 aromatic rings. The maximum atomic E-state index is 5.35. The van der Waals surface area contributed by atoms with Crippen molar-refractivity contribution in [2.75, 3.05) is 39.3 Å². The van der Waals surface area contributed by atoms with E-state index in [4.69, 9.17) is 14.2 Å². The van der Waals surface area contributed by atoms with Gasteiger partial charge in [-0.3, -0.25) is 0 Å².